The van der Waals surface area contributed by atoms with Crippen LogP contribution in [0.1, 0.15) is 5.56 Å². The first-order chi connectivity index (χ1) is 11.6. The van der Waals surface area contributed by atoms with Gasteiger partial charge in [-0.15, -0.1) is 0 Å². The van der Waals surface area contributed by atoms with Gasteiger partial charge < -0.3 is 15.4 Å². The maximum Gasteiger partial charge on any atom is 0.292 e. The van der Waals surface area contributed by atoms with Gasteiger partial charge in [0, 0.05) is 19.2 Å². The van der Waals surface area contributed by atoms with Crippen LogP contribution < -0.4 is 15.4 Å². The van der Waals surface area contributed by atoms with Crippen molar-refractivity contribution < 1.29 is 14.5 Å². The van der Waals surface area contributed by atoms with Gasteiger partial charge in [0.1, 0.15) is 11.4 Å². The Balaban J connectivity index is 1.72. The second-order valence-corrected chi connectivity index (χ2v) is 5.11. The Hall–Kier alpha value is -3.09. The first-order valence-corrected chi connectivity index (χ1v) is 7.50. The number of para-hydroxylation sites is 3. The van der Waals surface area contributed by atoms with E-state index in [-0.39, 0.29) is 18.2 Å². The smallest absolute Gasteiger partial charge is 0.292 e. The second kappa shape index (κ2) is 8.52. The van der Waals surface area contributed by atoms with Crippen LogP contribution in [-0.2, 0) is 4.79 Å². The van der Waals surface area contributed by atoms with Gasteiger partial charge in [0.25, 0.3) is 11.6 Å². The molecule has 2 aromatic carbocycles. The molecule has 0 aliphatic carbocycles. The van der Waals surface area contributed by atoms with Crippen LogP contribution in [0.2, 0.25) is 0 Å². The SMILES string of the molecule is Cc1ccccc1OCC(=O)NCCNc1ccccc1[N+](=O)[O-]. The summed E-state index contributed by atoms with van der Waals surface area (Å²) in [5.41, 5.74) is 1.39. The minimum atomic E-state index is -0.447. The van der Waals surface area contributed by atoms with Gasteiger partial charge in [-0.1, -0.05) is 30.3 Å². The summed E-state index contributed by atoms with van der Waals surface area (Å²) >= 11 is 0. The van der Waals surface area contributed by atoms with E-state index in [1.807, 2.05) is 25.1 Å². The van der Waals surface area contributed by atoms with Gasteiger partial charge in [-0.25, -0.2) is 0 Å². The lowest BCUT2D eigenvalue weighted by molar-refractivity contribution is -0.384. The number of nitrogens with one attached hydrogen (secondary N) is 2. The molecule has 0 saturated carbocycles. The van der Waals surface area contributed by atoms with Crippen LogP contribution in [0.25, 0.3) is 0 Å². The second-order valence-electron chi connectivity index (χ2n) is 5.11. The van der Waals surface area contributed by atoms with Crippen LogP contribution in [0, 0.1) is 17.0 Å². The zero-order valence-electron chi connectivity index (χ0n) is 13.3. The third-order valence-electron chi connectivity index (χ3n) is 3.32. The average molecular weight is 329 g/mol. The molecule has 0 bridgehead atoms. The van der Waals surface area contributed by atoms with Crippen LogP contribution in [0.15, 0.2) is 48.5 Å². The maximum atomic E-state index is 11.7. The zero-order valence-corrected chi connectivity index (χ0v) is 13.3. The molecule has 2 aromatic rings. The molecular weight excluding hydrogens is 310 g/mol. The Kier molecular flexibility index (Phi) is 6.13. The summed E-state index contributed by atoms with van der Waals surface area (Å²) < 4.78 is 5.44. The molecule has 126 valence electrons. The predicted octanol–water partition coefficient (Wildman–Crippen LogP) is 2.51. The van der Waals surface area contributed by atoms with Crippen LogP contribution >= 0.6 is 0 Å². The molecule has 7 nitrogen and oxygen atoms in total. The summed E-state index contributed by atoms with van der Waals surface area (Å²) in [5.74, 6) is 0.424. The number of hydrogen-bond acceptors (Lipinski definition) is 5. The normalized spacial score (nSPS) is 10.0. The van der Waals surface area contributed by atoms with E-state index in [0.717, 1.165) is 5.56 Å². The highest BCUT2D eigenvalue weighted by atomic mass is 16.6. The molecule has 1 amide bonds. The van der Waals surface area contributed by atoms with Crippen molar-refractivity contribution in [2.75, 3.05) is 25.0 Å². The lowest BCUT2D eigenvalue weighted by Gasteiger charge is -2.10. The topological polar surface area (TPSA) is 93.5 Å². The van der Waals surface area contributed by atoms with Crippen LogP contribution in [0.5, 0.6) is 5.75 Å². The molecule has 2 N–H and O–H groups in total. The third-order valence-corrected chi connectivity index (χ3v) is 3.32. The summed E-state index contributed by atoms with van der Waals surface area (Å²) in [7, 11) is 0. The number of rotatable bonds is 8. The van der Waals surface area contributed by atoms with E-state index in [1.54, 1.807) is 24.3 Å². The summed E-state index contributed by atoms with van der Waals surface area (Å²) in [4.78, 5) is 22.2. The molecule has 0 aliphatic rings. The van der Waals surface area contributed by atoms with Gasteiger partial charge in [0.2, 0.25) is 0 Å². The minimum Gasteiger partial charge on any atom is -0.484 e. The van der Waals surface area contributed by atoms with Crippen molar-refractivity contribution in [2.45, 2.75) is 6.92 Å². The summed E-state index contributed by atoms with van der Waals surface area (Å²) in [6.45, 7) is 2.54. The van der Waals surface area contributed by atoms with Crippen molar-refractivity contribution in [3.05, 3.63) is 64.2 Å². The number of nitrogens with zero attached hydrogens (tertiary/aromatic N) is 1. The Morgan fingerprint density at radius 3 is 2.58 bits per heavy atom. The molecule has 7 heteroatoms. The molecule has 2 rings (SSSR count). The molecule has 0 atom stereocenters. The standard InChI is InChI=1S/C17H19N3O4/c1-13-6-2-5-9-16(13)24-12-17(21)19-11-10-18-14-7-3-4-8-15(14)20(22)23/h2-9,18H,10-12H2,1H3,(H,19,21). The molecule has 0 saturated heterocycles. The Morgan fingerprint density at radius 2 is 1.83 bits per heavy atom. The fourth-order valence-corrected chi connectivity index (χ4v) is 2.09. The van der Waals surface area contributed by atoms with E-state index in [4.69, 9.17) is 4.74 Å². The molecule has 24 heavy (non-hydrogen) atoms. The molecule has 0 fully saturated rings. The van der Waals surface area contributed by atoms with Crippen molar-refractivity contribution in [3.63, 3.8) is 0 Å². The lowest BCUT2D eigenvalue weighted by atomic mass is 10.2. The van der Waals surface area contributed by atoms with Gasteiger partial charge in [-0.2, -0.15) is 0 Å². The largest absolute Gasteiger partial charge is 0.484 e. The van der Waals surface area contributed by atoms with Gasteiger partial charge in [-0.05, 0) is 24.6 Å². The molecule has 0 unspecified atom stereocenters. The molecule has 0 aliphatic heterocycles. The van der Waals surface area contributed by atoms with E-state index in [9.17, 15) is 14.9 Å². The molecular formula is C17H19N3O4. The number of aryl methyl sites for hydroxylation is 1. The minimum absolute atomic E-state index is 0.00622. The fourth-order valence-electron chi connectivity index (χ4n) is 2.09. The number of carbonyl (C=O) groups excluding carboxylic acids is 1. The van der Waals surface area contributed by atoms with Crippen LogP contribution in [0.4, 0.5) is 11.4 Å². The number of nitro groups is 1. The Labute approximate surface area is 139 Å². The number of nitro benzene ring substituents is 1. The number of benzene rings is 2. The number of ether oxygens (including phenoxy) is 1. The number of anilines is 1. The van der Waals surface area contributed by atoms with Gasteiger partial charge in [0.05, 0.1) is 4.92 Å². The van der Waals surface area contributed by atoms with Gasteiger partial charge >= 0.3 is 0 Å². The van der Waals surface area contributed by atoms with Crippen LogP contribution in [0.3, 0.4) is 0 Å². The molecule has 0 heterocycles. The number of carbonyl (C=O) groups is 1. The summed E-state index contributed by atoms with van der Waals surface area (Å²) in [6.07, 6.45) is 0. The molecule has 0 spiro atoms. The summed E-state index contributed by atoms with van der Waals surface area (Å²) in [5, 5.41) is 16.5. The van der Waals surface area contributed by atoms with Gasteiger partial charge in [0.15, 0.2) is 6.61 Å². The molecule has 0 radical (unpaired) electrons. The quantitative estimate of drug-likeness (QED) is 0.441. The fraction of sp³-hybridized carbons (Fsp3) is 0.235. The zero-order chi connectivity index (χ0) is 17.4. The highest BCUT2D eigenvalue weighted by Gasteiger charge is 2.11. The van der Waals surface area contributed by atoms with Crippen molar-refractivity contribution >= 4 is 17.3 Å². The molecule has 0 aromatic heterocycles. The monoisotopic (exact) mass is 329 g/mol. The van der Waals surface area contributed by atoms with Crippen LogP contribution in [-0.4, -0.2) is 30.5 Å². The first-order valence-electron chi connectivity index (χ1n) is 7.50. The van der Waals surface area contributed by atoms with Crippen molar-refractivity contribution in [2.24, 2.45) is 0 Å². The highest BCUT2D eigenvalue weighted by Crippen LogP contribution is 2.22. The summed E-state index contributed by atoms with van der Waals surface area (Å²) in [6, 6.07) is 13.8. The van der Waals surface area contributed by atoms with E-state index >= 15 is 0 Å². The van der Waals surface area contributed by atoms with E-state index in [1.165, 1.54) is 6.07 Å². The van der Waals surface area contributed by atoms with Crippen molar-refractivity contribution in [3.8, 4) is 5.75 Å². The first kappa shape index (κ1) is 17.3. The Bertz CT molecular complexity index is 718. The van der Waals surface area contributed by atoms with Crippen molar-refractivity contribution in [1.82, 2.24) is 5.32 Å². The average Bonchev–Trinajstić information content (AvgIpc) is 2.58. The van der Waals surface area contributed by atoms with Crippen molar-refractivity contribution in [1.29, 1.82) is 0 Å². The number of hydrogen-bond donors (Lipinski definition) is 2. The maximum absolute atomic E-state index is 11.7. The Morgan fingerprint density at radius 1 is 1.12 bits per heavy atom. The van der Waals surface area contributed by atoms with E-state index in [0.29, 0.717) is 24.5 Å². The highest BCUT2D eigenvalue weighted by molar-refractivity contribution is 5.77. The van der Waals surface area contributed by atoms with E-state index in [2.05, 4.69) is 10.6 Å². The van der Waals surface area contributed by atoms with Gasteiger partial charge in [-0.3, -0.25) is 14.9 Å². The predicted molar refractivity (Wildman–Crippen MR) is 91.3 cm³/mol. The number of amides is 1. The van der Waals surface area contributed by atoms with E-state index < -0.39 is 4.92 Å². The third kappa shape index (κ3) is 4.98. The lowest BCUT2D eigenvalue weighted by Crippen LogP contribution is -2.32.